The van der Waals surface area contributed by atoms with Gasteiger partial charge in [-0.3, -0.25) is 10.4 Å². The quantitative estimate of drug-likeness (QED) is 0.187. The number of nitrogens with one attached hydrogen (secondary N) is 2. The Morgan fingerprint density at radius 2 is 1.38 bits per heavy atom. The Balaban J connectivity index is 1.86. The van der Waals surface area contributed by atoms with Crippen molar-refractivity contribution in [3.8, 4) is 0 Å². The maximum Gasteiger partial charge on any atom is 0.185 e. The number of guanidine groups is 1. The Morgan fingerprint density at radius 1 is 0.808 bits per heavy atom. The van der Waals surface area contributed by atoms with E-state index in [1.807, 2.05) is 12.1 Å². The highest BCUT2D eigenvalue weighted by Crippen LogP contribution is 2.08. The van der Waals surface area contributed by atoms with Gasteiger partial charge in [-0.1, -0.05) is 49.9 Å². The number of rotatable bonds is 15. The fourth-order valence-electron chi connectivity index (χ4n) is 2.83. The molecule has 8 N–H and O–H groups in total. The molecular formula is C20H36N6. The first-order valence-corrected chi connectivity index (χ1v) is 9.79. The zero-order valence-electron chi connectivity index (χ0n) is 16.0. The molecule has 0 radical (unpaired) electrons. The third kappa shape index (κ3) is 11.5. The Bertz CT molecular complexity index is 520. The van der Waals surface area contributed by atoms with Gasteiger partial charge in [-0.2, -0.15) is 0 Å². The van der Waals surface area contributed by atoms with Gasteiger partial charge in [0.15, 0.2) is 5.96 Å². The molecule has 0 atom stereocenters. The summed E-state index contributed by atoms with van der Waals surface area (Å²) in [6.45, 7) is 2.97. The maximum absolute atomic E-state index is 7.39. The van der Waals surface area contributed by atoms with Gasteiger partial charge in [0, 0.05) is 12.1 Å². The van der Waals surface area contributed by atoms with E-state index in [1.54, 1.807) is 0 Å². The maximum atomic E-state index is 7.39. The number of unbranched alkanes of at least 4 members (excludes halogenated alkanes) is 6. The van der Waals surface area contributed by atoms with Crippen LogP contribution in [0.5, 0.6) is 0 Å². The molecule has 0 saturated heterocycles. The van der Waals surface area contributed by atoms with Crippen LogP contribution in [0.15, 0.2) is 29.3 Å². The lowest BCUT2D eigenvalue weighted by molar-refractivity contribution is 0.556. The van der Waals surface area contributed by atoms with Crippen LogP contribution in [0.25, 0.3) is 0 Å². The van der Waals surface area contributed by atoms with Gasteiger partial charge >= 0.3 is 0 Å². The number of nitrogens with two attached hydrogens (primary N) is 3. The van der Waals surface area contributed by atoms with E-state index in [1.165, 1.54) is 50.5 Å². The largest absolute Gasteiger partial charge is 0.384 e. The van der Waals surface area contributed by atoms with Crippen molar-refractivity contribution in [3.05, 3.63) is 35.4 Å². The summed E-state index contributed by atoms with van der Waals surface area (Å²) in [4.78, 5) is 3.98. The first-order chi connectivity index (χ1) is 12.6. The van der Waals surface area contributed by atoms with Crippen molar-refractivity contribution >= 4 is 11.8 Å². The SMILES string of the molecule is N=C(N)c1ccc(CCCCCNCCCCCCCN=C(N)N)cc1. The molecule has 0 aliphatic rings. The molecule has 1 rings (SSSR count). The predicted molar refractivity (Wildman–Crippen MR) is 112 cm³/mol. The first kappa shape index (κ1) is 22.0. The van der Waals surface area contributed by atoms with Crippen LogP contribution in [-0.4, -0.2) is 31.4 Å². The van der Waals surface area contributed by atoms with Crippen LogP contribution in [0.2, 0.25) is 0 Å². The summed E-state index contributed by atoms with van der Waals surface area (Å²) in [6, 6.07) is 8.01. The summed E-state index contributed by atoms with van der Waals surface area (Å²) < 4.78 is 0. The molecule has 0 bridgehead atoms. The van der Waals surface area contributed by atoms with Gasteiger partial charge in [-0.05, 0) is 50.8 Å². The minimum absolute atomic E-state index is 0.133. The normalized spacial score (nSPS) is 10.6. The monoisotopic (exact) mass is 360 g/mol. The number of hydrogen-bond acceptors (Lipinski definition) is 3. The zero-order valence-corrected chi connectivity index (χ0v) is 16.0. The number of nitrogens with zero attached hydrogens (tertiary/aromatic N) is 1. The van der Waals surface area contributed by atoms with Crippen LogP contribution in [0.3, 0.4) is 0 Å². The lowest BCUT2D eigenvalue weighted by atomic mass is 10.0. The average molecular weight is 361 g/mol. The van der Waals surface area contributed by atoms with Crippen LogP contribution in [0, 0.1) is 5.41 Å². The van der Waals surface area contributed by atoms with Gasteiger partial charge in [0.2, 0.25) is 0 Å². The molecule has 1 aromatic carbocycles. The second-order valence-electron chi connectivity index (χ2n) is 6.75. The van der Waals surface area contributed by atoms with E-state index in [-0.39, 0.29) is 11.8 Å². The summed E-state index contributed by atoms with van der Waals surface area (Å²) in [5.41, 5.74) is 18.2. The average Bonchev–Trinajstić information content (AvgIpc) is 2.62. The van der Waals surface area contributed by atoms with Crippen molar-refractivity contribution in [2.45, 2.75) is 57.8 Å². The second kappa shape index (κ2) is 14.1. The summed E-state index contributed by atoms with van der Waals surface area (Å²) in [6.07, 6.45) is 10.8. The molecule has 6 heteroatoms. The highest BCUT2D eigenvalue weighted by Gasteiger charge is 1.98. The molecule has 0 aliphatic heterocycles. The van der Waals surface area contributed by atoms with Crippen LogP contribution in [-0.2, 0) is 6.42 Å². The molecule has 0 unspecified atom stereocenters. The Hall–Kier alpha value is -2.08. The number of hydrogen-bond donors (Lipinski definition) is 5. The third-order valence-electron chi connectivity index (χ3n) is 4.39. The van der Waals surface area contributed by atoms with Gasteiger partial charge < -0.3 is 22.5 Å². The minimum atomic E-state index is 0.133. The van der Waals surface area contributed by atoms with E-state index in [0.717, 1.165) is 38.0 Å². The predicted octanol–water partition coefficient (Wildman–Crippen LogP) is 2.50. The molecule has 146 valence electrons. The van der Waals surface area contributed by atoms with E-state index in [9.17, 15) is 0 Å². The van der Waals surface area contributed by atoms with Crippen LogP contribution in [0.4, 0.5) is 0 Å². The number of aliphatic imine (C=N–C) groups is 1. The summed E-state index contributed by atoms with van der Waals surface area (Å²) in [5.74, 6) is 0.327. The van der Waals surface area contributed by atoms with Crippen LogP contribution in [0.1, 0.15) is 62.5 Å². The molecule has 26 heavy (non-hydrogen) atoms. The fourth-order valence-corrected chi connectivity index (χ4v) is 2.83. The highest BCUT2D eigenvalue weighted by atomic mass is 15.0. The molecule has 0 spiro atoms. The van der Waals surface area contributed by atoms with Gasteiger partial charge in [0.05, 0.1) is 0 Å². The topological polar surface area (TPSA) is 126 Å². The van der Waals surface area contributed by atoms with Crippen molar-refractivity contribution in [3.63, 3.8) is 0 Å². The molecule has 0 fully saturated rings. The lowest BCUT2D eigenvalue weighted by Crippen LogP contribution is -2.22. The lowest BCUT2D eigenvalue weighted by Gasteiger charge is -2.06. The van der Waals surface area contributed by atoms with Crippen molar-refractivity contribution in [2.75, 3.05) is 19.6 Å². The molecule has 6 nitrogen and oxygen atoms in total. The minimum Gasteiger partial charge on any atom is -0.384 e. The number of benzene rings is 1. The summed E-state index contributed by atoms with van der Waals surface area (Å²) in [7, 11) is 0. The Kier molecular flexibility index (Phi) is 11.9. The van der Waals surface area contributed by atoms with Gasteiger partial charge in [0.1, 0.15) is 5.84 Å². The molecule has 0 saturated carbocycles. The second-order valence-corrected chi connectivity index (χ2v) is 6.75. The van der Waals surface area contributed by atoms with Crippen molar-refractivity contribution in [2.24, 2.45) is 22.2 Å². The van der Waals surface area contributed by atoms with Gasteiger partial charge in [0.25, 0.3) is 0 Å². The van der Waals surface area contributed by atoms with Crippen LogP contribution < -0.4 is 22.5 Å². The van der Waals surface area contributed by atoms with Crippen molar-refractivity contribution < 1.29 is 0 Å². The molecule has 0 heterocycles. The van der Waals surface area contributed by atoms with Crippen molar-refractivity contribution in [1.29, 1.82) is 5.41 Å². The number of amidine groups is 1. The molecule has 0 aromatic heterocycles. The van der Waals surface area contributed by atoms with E-state index in [0.29, 0.717) is 0 Å². The molecule has 0 amide bonds. The van der Waals surface area contributed by atoms with Gasteiger partial charge in [-0.15, -0.1) is 0 Å². The summed E-state index contributed by atoms with van der Waals surface area (Å²) in [5, 5.41) is 10.9. The van der Waals surface area contributed by atoms with E-state index >= 15 is 0 Å². The number of aryl methyl sites for hydroxylation is 1. The third-order valence-corrected chi connectivity index (χ3v) is 4.39. The zero-order chi connectivity index (χ0) is 19.0. The number of nitrogen functional groups attached to an aromatic ring is 1. The van der Waals surface area contributed by atoms with Gasteiger partial charge in [-0.25, -0.2) is 0 Å². The van der Waals surface area contributed by atoms with E-state index < -0.39 is 0 Å². The Labute approximate surface area is 158 Å². The standard InChI is InChI=1S/C20H36N6/c21-19(22)18-12-10-17(11-13-18)9-5-4-7-15-25-14-6-2-1-3-8-16-26-20(23)24/h10-13,25H,1-9,14-16H2,(H3,21,22)(H4,23,24,26). The molecule has 0 aliphatic carbocycles. The summed E-state index contributed by atoms with van der Waals surface area (Å²) >= 11 is 0. The van der Waals surface area contributed by atoms with Crippen LogP contribution >= 0.6 is 0 Å². The highest BCUT2D eigenvalue weighted by molar-refractivity contribution is 5.94. The Morgan fingerprint density at radius 3 is 2.00 bits per heavy atom. The van der Waals surface area contributed by atoms with E-state index in [2.05, 4.69) is 22.4 Å². The van der Waals surface area contributed by atoms with E-state index in [4.69, 9.17) is 22.6 Å². The molecular weight excluding hydrogens is 324 g/mol. The first-order valence-electron chi connectivity index (χ1n) is 9.79. The van der Waals surface area contributed by atoms with Crippen molar-refractivity contribution in [1.82, 2.24) is 5.32 Å². The molecule has 1 aromatic rings. The smallest absolute Gasteiger partial charge is 0.185 e. The fraction of sp³-hybridized carbons (Fsp3) is 0.600.